The molecule has 24 heavy (non-hydrogen) atoms. The number of carbonyl (C=O) groups is 1. The molecule has 1 fully saturated rings. The van der Waals surface area contributed by atoms with E-state index in [9.17, 15) is 9.59 Å². The van der Waals surface area contributed by atoms with Gasteiger partial charge in [0, 0.05) is 29.4 Å². The van der Waals surface area contributed by atoms with Crippen molar-refractivity contribution < 1.29 is 4.79 Å². The number of amides is 1. The molecule has 3 aromatic rings. The summed E-state index contributed by atoms with van der Waals surface area (Å²) in [5.74, 6) is 0.0169. The number of aromatic nitrogens is 2. The number of nitrogens with one attached hydrogen (secondary N) is 1. The summed E-state index contributed by atoms with van der Waals surface area (Å²) in [5, 5.41) is 2.05. The van der Waals surface area contributed by atoms with Crippen LogP contribution in [0, 0.1) is 5.41 Å². The zero-order valence-corrected chi connectivity index (χ0v) is 14.7. The van der Waals surface area contributed by atoms with Crippen LogP contribution >= 0.6 is 11.3 Å². The molecule has 1 aliphatic heterocycles. The van der Waals surface area contributed by atoms with E-state index in [1.54, 1.807) is 36.6 Å². The van der Waals surface area contributed by atoms with Crippen LogP contribution in [0.15, 0.2) is 40.5 Å². The minimum Gasteiger partial charge on any atom is -0.330 e. The molecule has 1 saturated heterocycles. The van der Waals surface area contributed by atoms with Gasteiger partial charge in [-0.2, -0.15) is 0 Å². The van der Waals surface area contributed by atoms with Gasteiger partial charge in [-0.05, 0) is 29.6 Å². The summed E-state index contributed by atoms with van der Waals surface area (Å²) in [7, 11) is 1.70. The summed E-state index contributed by atoms with van der Waals surface area (Å²) in [6, 6.07) is 9.61. The van der Waals surface area contributed by atoms with E-state index in [-0.39, 0.29) is 23.1 Å². The van der Waals surface area contributed by atoms with Gasteiger partial charge in [0.15, 0.2) is 0 Å². The molecule has 124 valence electrons. The third-order valence-corrected chi connectivity index (χ3v) is 5.78. The molecule has 1 N–H and O–H groups in total. The van der Waals surface area contributed by atoms with Gasteiger partial charge >= 0.3 is 5.69 Å². The Morgan fingerprint density at radius 3 is 2.79 bits per heavy atom. The molecule has 0 spiro atoms. The quantitative estimate of drug-likeness (QED) is 0.778. The molecule has 4 rings (SSSR count). The highest BCUT2D eigenvalue weighted by Gasteiger charge is 2.49. The van der Waals surface area contributed by atoms with Crippen LogP contribution in [0.25, 0.3) is 11.0 Å². The van der Waals surface area contributed by atoms with Crippen molar-refractivity contribution in [1.82, 2.24) is 14.5 Å². The number of nitrogens with zero attached hydrogens (tertiary/aromatic N) is 2. The fraction of sp³-hybridized carbons (Fsp3) is 0.333. The number of H-pyrrole nitrogens is 1. The molecule has 1 atom stereocenters. The number of hydrogen-bond acceptors (Lipinski definition) is 3. The lowest BCUT2D eigenvalue weighted by Gasteiger charge is -2.54. The Hall–Kier alpha value is -2.34. The average Bonchev–Trinajstić information content (AvgIpc) is 3.14. The Morgan fingerprint density at radius 1 is 1.33 bits per heavy atom. The smallest absolute Gasteiger partial charge is 0.326 e. The van der Waals surface area contributed by atoms with Crippen molar-refractivity contribution in [3.05, 3.63) is 56.6 Å². The van der Waals surface area contributed by atoms with Gasteiger partial charge < -0.3 is 9.88 Å². The van der Waals surface area contributed by atoms with E-state index >= 15 is 0 Å². The number of carbonyl (C=O) groups excluding carboxylic acids is 1. The predicted molar refractivity (Wildman–Crippen MR) is 95.4 cm³/mol. The number of aryl methyl sites for hydroxylation is 1. The summed E-state index contributed by atoms with van der Waals surface area (Å²) in [4.78, 5) is 30.7. The number of aromatic amines is 1. The first kappa shape index (κ1) is 15.2. The van der Waals surface area contributed by atoms with Crippen molar-refractivity contribution in [2.24, 2.45) is 12.5 Å². The summed E-state index contributed by atoms with van der Waals surface area (Å²) < 4.78 is 1.53. The number of thiophene rings is 1. The monoisotopic (exact) mass is 341 g/mol. The van der Waals surface area contributed by atoms with E-state index in [0.717, 1.165) is 17.6 Å². The minimum absolute atomic E-state index is 0.0169. The zero-order chi connectivity index (χ0) is 17.1. The molecular formula is C18H19N3O2S. The van der Waals surface area contributed by atoms with Gasteiger partial charge in [-0.25, -0.2) is 4.79 Å². The van der Waals surface area contributed by atoms with Gasteiger partial charge in [-0.1, -0.05) is 19.9 Å². The van der Waals surface area contributed by atoms with Crippen molar-refractivity contribution >= 4 is 28.3 Å². The molecule has 0 saturated carbocycles. The second-order valence-corrected chi connectivity index (χ2v) is 8.04. The van der Waals surface area contributed by atoms with E-state index in [4.69, 9.17) is 0 Å². The number of imidazole rings is 1. The van der Waals surface area contributed by atoms with Crippen molar-refractivity contribution in [3.63, 3.8) is 0 Å². The summed E-state index contributed by atoms with van der Waals surface area (Å²) in [6.45, 7) is 5.12. The summed E-state index contributed by atoms with van der Waals surface area (Å²) in [5.41, 5.74) is 2.02. The highest BCUT2D eigenvalue weighted by molar-refractivity contribution is 7.10. The van der Waals surface area contributed by atoms with Gasteiger partial charge in [0.2, 0.25) is 0 Å². The molecule has 0 bridgehead atoms. The molecule has 1 aliphatic rings. The summed E-state index contributed by atoms with van der Waals surface area (Å²) in [6.07, 6.45) is 0. The Labute approximate surface area is 143 Å². The van der Waals surface area contributed by atoms with Gasteiger partial charge in [0.05, 0.1) is 17.1 Å². The topological polar surface area (TPSA) is 58.1 Å². The Balaban J connectivity index is 1.71. The third-order valence-electron chi connectivity index (χ3n) is 4.86. The maximum Gasteiger partial charge on any atom is 0.326 e. The number of fused-ring (bicyclic) bond motifs is 1. The minimum atomic E-state index is -0.170. The fourth-order valence-electron chi connectivity index (χ4n) is 3.62. The van der Waals surface area contributed by atoms with Crippen molar-refractivity contribution in [3.8, 4) is 0 Å². The highest BCUT2D eigenvalue weighted by atomic mass is 32.1. The fourth-order valence-corrected chi connectivity index (χ4v) is 4.67. The largest absolute Gasteiger partial charge is 0.330 e. The maximum absolute atomic E-state index is 13.0. The van der Waals surface area contributed by atoms with Crippen LogP contribution in [0.3, 0.4) is 0 Å². The van der Waals surface area contributed by atoms with Crippen LogP contribution in [-0.4, -0.2) is 26.9 Å². The Morgan fingerprint density at radius 2 is 2.12 bits per heavy atom. The van der Waals surface area contributed by atoms with Gasteiger partial charge in [0.1, 0.15) is 0 Å². The van der Waals surface area contributed by atoms with Crippen LogP contribution in [-0.2, 0) is 7.05 Å². The van der Waals surface area contributed by atoms with E-state index in [1.165, 1.54) is 9.44 Å². The van der Waals surface area contributed by atoms with Crippen LogP contribution < -0.4 is 5.69 Å². The van der Waals surface area contributed by atoms with Gasteiger partial charge in [-0.3, -0.25) is 9.36 Å². The van der Waals surface area contributed by atoms with Crippen LogP contribution in [0.5, 0.6) is 0 Å². The lowest BCUT2D eigenvalue weighted by atomic mass is 9.74. The SMILES string of the molecule is Cn1c(=O)[nH]c2ccc(C(=O)N3CC(C)(C)C3c3cccs3)cc21. The van der Waals surface area contributed by atoms with Crippen molar-refractivity contribution in [1.29, 1.82) is 0 Å². The number of rotatable bonds is 2. The average molecular weight is 341 g/mol. The van der Waals surface area contributed by atoms with Crippen LogP contribution in [0.1, 0.15) is 35.1 Å². The lowest BCUT2D eigenvalue weighted by Crippen LogP contribution is -2.57. The van der Waals surface area contributed by atoms with Crippen molar-refractivity contribution in [2.75, 3.05) is 6.54 Å². The molecule has 1 amide bonds. The van der Waals surface area contributed by atoms with Gasteiger partial charge in [0.25, 0.3) is 5.91 Å². The maximum atomic E-state index is 13.0. The number of likely N-dealkylation sites (tertiary alicyclic amines) is 1. The molecular weight excluding hydrogens is 322 g/mol. The van der Waals surface area contributed by atoms with E-state index < -0.39 is 0 Å². The van der Waals surface area contributed by atoms with Crippen LogP contribution in [0.2, 0.25) is 0 Å². The first-order valence-electron chi connectivity index (χ1n) is 7.91. The summed E-state index contributed by atoms with van der Waals surface area (Å²) >= 11 is 1.69. The number of benzene rings is 1. The Kier molecular flexibility index (Phi) is 3.22. The number of hydrogen-bond donors (Lipinski definition) is 1. The molecule has 5 nitrogen and oxygen atoms in total. The zero-order valence-electron chi connectivity index (χ0n) is 13.9. The standard InChI is InChI=1S/C18H19N3O2S/c1-18(2)10-21(15(18)14-5-4-8-24-14)16(22)11-6-7-12-13(9-11)20(3)17(23)19-12/h4-9,15H,10H2,1-3H3,(H,19,23). The predicted octanol–water partition coefficient (Wildman–Crippen LogP) is 3.15. The lowest BCUT2D eigenvalue weighted by molar-refractivity contribution is -0.0305. The second-order valence-electron chi connectivity index (χ2n) is 7.06. The van der Waals surface area contributed by atoms with Crippen LogP contribution in [0.4, 0.5) is 0 Å². The van der Waals surface area contributed by atoms with Crippen molar-refractivity contribution in [2.45, 2.75) is 19.9 Å². The van der Waals surface area contributed by atoms with E-state index in [0.29, 0.717) is 5.56 Å². The first-order valence-corrected chi connectivity index (χ1v) is 8.79. The highest BCUT2D eigenvalue weighted by Crippen LogP contribution is 2.50. The normalized spacial score (nSPS) is 19.5. The second kappa shape index (κ2) is 5.08. The molecule has 1 aromatic carbocycles. The molecule has 1 unspecified atom stereocenters. The van der Waals surface area contributed by atoms with Gasteiger partial charge in [-0.15, -0.1) is 11.3 Å². The Bertz CT molecular complexity index is 982. The van der Waals surface area contributed by atoms with E-state index in [1.807, 2.05) is 16.3 Å². The molecule has 3 heterocycles. The molecule has 2 aromatic heterocycles. The molecule has 0 aliphatic carbocycles. The molecule has 0 radical (unpaired) electrons. The third kappa shape index (κ3) is 2.13. The first-order chi connectivity index (χ1) is 11.4. The van der Waals surface area contributed by atoms with E-state index in [2.05, 4.69) is 24.9 Å². The molecule has 6 heteroatoms.